The van der Waals surface area contributed by atoms with Gasteiger partial charge in [0, 0.05) is 43.4 Å². The van der Waals surface area contributed by atoms with Crippen LogP contribution in [0, 0.1) is 17.7 Å². The van der Waals surface area contributed by atoms with E-state index in [0.717, 1.165) is 10.4 Å². The normalized spacial score (nSPS) is 25.3. The summed E-state index contributed by atoms with van der Waals surface area (Å²) in [4.78, 5) is 25.1. The number of pyridine rings is 1. The number of aromatic nitrogens is 1. The SMILES string of the molecule is CCCNC(=O)[C@@H]1[C@@H](CO)[C@@H]2Cn3c(cccc3=O)[C@H]1N2S(=O)(=O)c1ccccc1F. The second-order valence-corrected chi connectivity index (χ2v) is 9.65. The smallest absolute Gasteiger partial charge is 0.250 e. The molecular formula is C21H24FN3O5S. The van der Waals surface area contributed by atoms with E-state index in [-0.39, 0.29) is 12.1 Å². The number of carbonyl (C=O) groups excluding carboxylic acids is 1. The molecule has 0 unspecified atom stereocenters. The number of aliphatic hydroxyl groups is 1. The number of sulfonamides is 1. The summed E-state index contributed by atoms with van der Waals surface area (Å²) in [5.41, 5.74) is 0.0398. The van der Waals surface area contributed by atoms with Gasteiger partial charge in [-0.1, -0.05) is 25.1 Å². The first-order chi connectivity index (χ1) is 14.8. The van der Waals surface area contributed by atoms with Crippen molar-refractivity contribution in [3.05, 3.63) is 64.3 Å². The highest BCUT2D eigenvalue weighted by Gasteiger charge is 2.60. The average molecular weight is 450 g/mol. The van der Waals surface area contributed by atoms with Gasteiger partial charge in [0.25, 0.3) is 5.56 Å². The van der Waals surface area contributed by atoms with Gasteiger partial charge in [0.1, 0.15) is 10.7 Å². The van der Waals surface area contributed by atoms with Gasteiger partial charge in [-0.05, 0) is 24.6 Å². The molecule has 2 N–H and O–H groups in total. The lowest BCUT2D eigenvalue weighted by molar-refractivity contribution is -0.127. The number of fused-ring (bicyclic) bond motifs is 4. The number of hydrogen-bond donors (Lipinski definition) is 2. The number of nitrogens with one attached hydrogen (secondary N) is 1. The van der Waals surface area contributed by atoms with Crippen molar-refractivity contribution < 1.29 is 22.7 Å². The van der Waals surface area contributed by atoms with Gasteiger partial charge in [-0.15, -0.1) is 0 Å². The summed E-state index contributed by atoms with van der Waals surface area (Å²) in [6.45, 7) is 1.81. The third-order valence-corrected chi connectivity index (χ3v) is 8.05. The molecule has 2 bridgehead atoms. The number of nitrogens with zero attached hydrogens (tertiary/aromatic N) is 2. The number of benzene rings is 1. The van der Waals surface area contributed by atoms with Crippen LogP contribution < -0.4 is 10.9 Å². The Hall–Kier alpha value is -2.56. The highest BCUT2D eigenvalue weighted by molar-refractivity contribution is 7.89. The van der Waals surface area contributed by atoms with Gasteiger partial charge in [0.15, 0.2) is 0 Å². The minimum atomic E-state index is -4.36. The quantitative estimate of drug-likeness (QED) is 0.680. The first-order valence-electron chi connectivity index (χ1n) is 10.2. The maximum absolute atomic E-state index is 14.5. The zero-order valence-electron chi connectivity index (χ0n) is 16.9. The van der Waals surface area contributed by atoms with Crippen LogP contribution in [0.25, 0.3) is 0 Å². The van der Waals surface area contributed by atoms with Gasteiger partial charge in [0.05, 0.1) is 12.0 Å². The zero-order valence-corrected chi connectivity index (χ0v) is 17.8. The van der Waals surface area contributed by atoms with Crippen molar-refractivity contribution in [2.24, 2.45) is 11.8 Å². The fourth-order valence-electron chi connectivity index (χ4n) is 4.77. The summed E-state index contributed by atoms with van der Waals surface area (Å²) in [5, 5.41) is 12.9. The summed E-state index contributed by atoms with van der Waals surface area (Å²) in [5.74, 6) is -2.96. The van der Waals surface area contributed by atoms with Crippen molar-refractivity contribution in [2.75, 3.05) is 13.2 Å². The average Bonchev–Trinajstić information content (AvgIpc) is 3.00. The molecule has 8 nitrogen and oxygen atoms in total. The summed E-state index contributed by atoms with van der Waals surface area (Å²) in [7, 11) is -4.36. The number of halogens is 1. The molecule has 1 aromatic heterocycles. The molecule has 1 saturated heterocycles. The van der Waals surface area contributed by atoms with E-state index in [1.807, 2.05) is 6.92 Å². The topological polar surface area (TPSA) is 109 Å². The first kappa shape index (κ1) is 21.7. The molecule has 1 fully saturated rings. The number of rotatable bonds is 6. The Morgan fingerprint density at radius 3 is 2.65 bits per heavy atom. The van der Waals surface area contributed by atoms with Crippen molar-refractivity contribution in [1.82, 2.24) is 14.2 Å². The van der Waals surface area contributed by atoms with Crippen LogP contribution in [0.15, 0.2) is 52.2 Å². The Kier molecular flexibility index (Phi) is 5.71. The fraction of sp³-hybridized carbons (Fsp3) is 0.429. The van der Waals surface area contributed by atoms with Crippen LogP contribution in [0.4, 0.5) is 4.39 Å². The Morgan fingerprint density at radius 2 is 1.97 bits per heavy atom. The highest BCUT2D eigenvalue weighted by atomic mass is 32.2. The predicted molar refractivity (Wildman–Crippen MR) is 110 cm³/mol. The Labute approximate surface area is 179 Å². The van der Waals surface area contributed by atoms with E-state index in [9.17, 15) is 27.5 Å². The third kappa shape index (κ3) is 3.38. The standard InChI is InChI=1S/C21H24FN3O5S/c1-2-10-23-21(28)19-13(12-26)16-11-24-15(7-5-9-18(24)27)20(19)25(16)31(29,30)17-8-4-3-6-14(17)22/h3-9,13,16,19-20,26H,2,10-12H2,1H3,(H,23,28)/t13-,16-,19+,20+/m0/s1. The van der Waals surface area contributed by atoms with Gasteiger partial charge < -0.3 is 15.0 Å². The van der Waals surface area contributed by atoms with Crippen molar-refractivity contribution in [1.29, 1.82) is 0 Å². The minimum Gasteiger partial charge on any atom is -0.396 e. The third-order valence-electron chi connectivity index (χ3n) is 6.11. The molecule has 10 heteroatoms. The van der Waals surface area contributed by atoms with Crippen molar-refractivity contribution in [2.45, 2.75) is 36.9 Å². The summed E-state index contributed by atoms with van der Waals surface area (Å²) < 4.78 is 44.2. The van der Waals surface area contributed by atoms with E-state index in [0.29, 0.717) is 18.7 Å². The van der Waals surface area contributed by atoms with Crippen LogP contribution in [0.1, 0.15) is 25.1 Å². The molecule has 1 aromatic carbocycles. The molecule has 4 atom stereocenters. The molecular weight excluding hydrogens is 425 g/mol. The number of hydrogen-bond acceptors (Lipinski definition) is 5. The largest absolute Gasteiger partial charge is 0.396 e. The molecule has 2 aliphatic heterocycles. The highest BCUT2D eigenvalue weighted by Crippen LogP contribution is 2.50. The second kappa shape index (κ2) is 8.18. The molecule has 2 aromatic rings. The van der Waals surface area contributed by atoms with Gasteiger partial charge in [-0.2, -0.15) is 4.31 Å². The molecule has 31 heavy (non-hydrogen) atoms. The van der Waals surface area contributed by atoms with Gasteiger partial charge in [0.2, 0.25) is 15.9 Å². The fourth-order valence-corrected chi connectivity index (χ4v) is 6.68. The van der Waals surface area contributed by atoms with Gasteiger partial charge >= 0.3 is 0 Å². The molecule has 4 rings (SSSR count). The van der Waals surface area contributed by atoms with Crippen LogP contribution >= 0.6 is 0 Å². The van der Waals surface area contributed by atoms with Crippen LogP contribution in [0.3, 0.4) is 0 Å². The Balaban J connectivity index is 1.91. The van der Waals surface area contributed by atoms with Crippen LogP contribution in [0.5, 0.6) is 0 Å². The Bertz CT molecular complexity index is 1170. The number of aliphatic hydroxyl groups excluding tert-OH is 1. The lowest BCUT2D eigenvalue weighted by atomic mass is 9.86. The van der Waals surface area contributed by atoms with E-state index in [2.05, 4.69) is 5.32 Å². The Morgan fingerprint density at radius 1 is 1.23 bits per heavy atom. The van der Waals surface area contributed by atoms with Gasteiger partial charge in [-0.3, -0.25) is 9.59 Å². The van der Waals surface area contributed by atoms with E-state index >= 15 is 0 Å². The van der Waals surface area contributed by atoms with Crippen LogP contribution in [0.2, 0.25) is 0 Å². The zero-order chi connectivity index (χ0) is 22.3. The first-order valence-corrected chi connectivity index (χ1v) is 11.6. The minimum absolute atomic E-state index is 0.0258. The maximum atomic E-state index is 14.5. The van der Waals surface area contributed by atoms with Crippen molar-refractivity contribution >= 4 is 15.9 Å². The summed E-state index contributed by atoms with van der Waals surface area (Å²) >= 11 is 0. The van der Waals surface area contributed by atoms with E-state index in [1.54, 1.807) is 6.07 Å². The lowest BCUT2D eigenvalue weighted by Gasteiger charge is -2.37. The number of carbonyl (C=O) groups is 1. The molecule has 0 aliphatic carbocycles. The molecule has 2 aliphatic rings. The second-order valence-electron chi connectivity index (χ2n) is 7.84. The van der Waals surface area contributed by atoms with E-state index in [1.165, 1.54) is 34.9 Å². The maximum Gasteiger partial charge on any atom is 0.250 e. The molecule has 166 valence electrons. The molecule has 3 heterocycles. The monoisotopic (exact) mass is 449 g/mol. The van der Waals surface area contributed by atoms with Crippen LogP contribution in [-0.4, -0.2) is 47.5 Å². The van der Waals surface area contributed by atoms with Gasteiger partial charge in [-0.25, -0.2) is 12.8 Å². The summed E-state index contributed by atoms with van der Waals surface area (Å²) in [6, 6.07) is 7.63. The lowest BCUT2D eigenvalue weighted by Crippen LogP contribution is -2.49. The van der Waals surface area contributed by atoms with Crippen molar-refractivity contribution in [3.63, 3.8) is 0 Å². The predicted octanol–water partition coefficient (Wildman–Crippen LogP) is 0.866. The van der Waals surface area contributed by atoms with E-state index < -0.39 is 57.2 Å². The number of amides is 1. The summed E-state index contributed by atoms with van der Waals surface area (Å²) in [6.07, 6.45) is 0.684. The van der Waals surface area contributed by atoms with E-state index in [4.69, 9.17) is 0 Å². The molecule has 0 saturated carbocycles. The van der Waals surface area contributed by atoms with Crippen molar-refractivity contribution in [3.8, 4) is 0 Å². The molecule has 1 amide bonds. The molecule has 0 spiro atoms. The molecule has 0 radical (unpaired) electrons. The van der Waals surface area contributed by atoms with Crippen LogP contribution in [-0.2, 0) is 21.4 Å².